The van der Waals surface area contributed by atoms with Crippen molar-refractivity contribution in [3.05, 3.63) is 116 Å². The van der Waals surface area contributed by atoms with Gasteiger partial charge in [-0.1, -0.05) is 0 Å². The second kappa shape index (κ2) is 11.8. The summed E-state index contributed by atoms with van der Waals surface area (Å²) in [5.74, 6) is 0.497. The molecule has 0 radical (unpaired) electrons. The van der Waals surface area contributed by atoms with Gasteiger partial charge in [0, 0.05) is 0 Å². The first-order valence-electron chi connectivity index (χ1n) is 17.9. The van der Waals surface area contributed by atoms with E-state index in [0.717, 1.165) is 12.8 Å². The summed E-state index contributed by atoms with van der Waals surface area (Å²) in [5.41, 5.74) is 11.3. The number of fused-ring (bicyclic) bond motifs is 6. The van der Waals surface area contributed by atoms with Crippen LogP contribution in [0.3, 0.4) is 0 Å². The Morgan fingerprint density at radius 3 is 2.04 bits per heavy atom. The summed E-state index contributed by atoms with van der Waals surface area (Å²) >= 11 is -3.86. The Hall–Kier alpha value is -1.53. The van der Waals surface area contributed by atoms with Gasteiger partial charge in [0.1, 0.15) is 0 Å². The van der Waals surface area contributed by atoms with Crippen molar-refractivity contribution in [1.29, 1.82) is 0 Å². The zero-order chi connectivity index (χ0) is 33.3. The van der Waals surface area contributed by atoms with Crippen LogP contribution in [-0.2, 0) is 31.6 Å². The molecule has 2 aromatic rings. The Morgan fingerprint density at radius 2 is 1.44 bits per heavy atom. The van der Waals surface area contributed by atoms with Crippen molar-refractivity contribution in [2.24, 2.45) is 27.6 Å². The van der Waals surface area contributed by atoms with Crippen LogP contribution in [0.5, 0.6) is 0 Å². The maximum absolute atomic E-state index is 5.75. The van der Waals surface area contributed by atoms with Crippen molar-refractivity contribution < 1.29 is 19.8 Å². The van der Waals surface area contributed by atoms with Crippen LogP contribution in [0.25, 0.3) is 5.57 Å². The number of rotatable bonds is 3. The van der Waals surface area contributed by atoms with E-state index in [1.807, 2.05) is 0 Å². The maximum atomic E-state index is 5.75. The summed E-state index contributed by atoms with van der Waals surface area (Å²) in [6.45, 7) is 28.4. The molecule has 1 saturated carbocycles. The quantitative estimate of drug-likeness (QED) is 0.292. The van der Waals surface area contributed by atoms with E-state index in [2.05, 4.69) is 155 Å². The number of halogens is 2. The molecular weight excluding hydrogens is 703 g/mol. The van der Waals surface area contributed by atoms with Crippen LogP contribution in [0.2, 0.25) is 3.12 Å². The number of allylic oxidation sites excluding steroid dienone is 10. The molecule has 5 aliphatic carbocycles. The molecule has 0 heterocycles. The van der Waals surface area contributed by atoms with Crippen molar-refractivity contribution in [2.45, 2.75) is 110 Å². The van der Waals surface area contributed by atoms with Gasteiger partial charge in [-0.3, -0.25) is 0 Å². The molecule has 5 aliphatic rings. The second-order valence-corrected chi connectivity index (χ2v) is 28.2. The fourth-order valence-electron chi connectivity index (χ4n) is 11.5. The first-order valence-corrected chi connectivity index (χ1v) is 23.4. The predicted octanol–water partition coefficient (Wildman–Crippen LogP) is 12.4. The van der Waals surface area contributed by atoms with E-state index in [1.54, 1.807) is 28.8 Å². The normalized spacial score (nSPS) is 30.2. The van der Waals surface area contributed by atoms with Gasteiger partial charge in [0.25, 0.3) is 0 Å². The zero-order valence-electron chi connectivity index (χ0n) is 31.4. The molecular formula is C45H59Cl2Zr. The van der Waals surface area contributed by atoms with Crippen LogP contribution in [0.1, 0.15) is 112 Å². The van der Waals surface area contributed by atoms with Crippen LogP contribution >= 0.6 is 24.8 Å². The Bertz CT molecular complexity index is 1850. The second-order valence-electron chi connectivity index (χ2n) is 18.3. The van der Waals surface area contributed by atoms with Crippen LogP contribution in [0.4, 0.5) is 0 Å². The fourth-order valence-corrected chi connectivity index (χ4v) is 24.7. The van der Waals surface area contributed by atoms with E-state index in [4.69, 9.17) is 4.21 Å². The first-order chi connectivity index (χ1) is 21.4. The van der Waals surface area contributed by atoms with Crippen molar-refractivity contribution in [3.8, 4) is 0 Å². The molecule has 3 heteroatoms. The Labute approximate surface area is 309 Å². The zero-order valence-corrected chi connectivity index (χ0v) is 35.5. The average Bonchev–Trinajstić information content (AvgIpc) is 3.68. The fraction of sp³-hybridized carbons (Fsp3) is 0.489. The molecule has 1 fully saturated rings. The van der Waals surface area contributed by atoms with Gasteiger partial charge in [-0.05, 0) is 0 Å². The van der Waals surface area contributed by atoms with Crippen LogP contribution < -0.4 is 3.27 Å². The first kappa shape index (κ1) is 37.7. The van der Waals surface area contributed by atoms with E-state index in [-0.39, 0.29) is 55.0 Å². The molecule has 48 heavy (non-hydrogen) atoms. The van der Waals surface area contributed by atoms with Gasteiger partial charge in [0.05, 0.1) is 0 Å². The SMILES string of the molecule is Cl.Cl.[CH2]=[Zr]([C]1=CC=CC1)([c]1ccc(C(C)(C)C)cc1)[C]1(C)C2=C3Cc4ccccc4C3=C3C=CCCC3C2(C)C(C)(C)C(C)(C)C1(C)C. The van der Waals surface area contributed by atoms with E-state index >= 15 is 0 Å². The number of benzene rings is 2. The van der Waals surface area contributed by atoms with Gasteiger partial charge >= 0.3 is 286 Å². The average molecular weight is 762 g/mol. The van der Waals surface area contributed by atoms with Crippen molar-refractivity contribution >= 4 is 37.9 Å². The molecule has 0 aliphatic heterocycles. The summed E-state index contributed by atoms with van der Waals surface area (Å²) in [7, 11) is 0. The van der Waals surface area contributed by atoms with E-state index in [9.17, 15) is 0 Å². The molecule has 4 atom stereocenters. The molecule has 0 nitrogen and oxygen atoms in total. The van der Waals surface area contributed by atoms with Crippen LogP contribution in [-0.4, -0.2) is 4.21 Å². The molecule has 2 aromatic carbocycles. The molecule has 0 bridgehead atoms. The third-order valence-electron chi connectivity index (χ3n) is 15.6. The summed E-state index contributed by atoms with van der Waals surface area (Å²) in [5, 5.41) is 0. The minimum atomic E-state index is -3.86. The Morgan fingerprint density at radius 1 is 0.792 bits per heavy atom. The Balaban J connectivity index is 0.00000225. The van der Waals surface area contributed by atoms with E-state index in [1.165, 1.54) is 29.5 Å². The van der Waals surface area contributed by atoms with Gasteiger partial charge in [0.2, 0.25) is 0 Å². The third kappa shape index (κ3) is 4.38. The summed E-state index contributed by atoms with van der Waals surface area (Å²) in [4.78, 5) is 0. The summed E-state index contributed by atoms with van der Waals surface area (Å²) in [6, 6.07) is 19.3. The Kier molecular flexibility index (Phi) is 9.24. The standard InChI is InChI=1S/C29H37.C10H13.C5H5.CH2.2ClH.Zr/c1-18-25-22-17-19-13-9-10-14-20(19)24(22)21-15-11-12-16-23(21)29(25,8)28(6,7)27(4,5)26(18,2)3;1-10(2,3)9-7-5-4-6-8-9;1-2-4-5-3-1;;;;/h9-11,13-15,23H,12,16-17H2,1-8H3;5-8H,1-3H3;1-3H,4H2;1H2;2*1H;. The van der Waals surface area contributed by atoms with Gasteiger partial charge in [-0.25, -0.2) is 0 Å². The molecule has 4 unspecified atom stereocenters. The monoisotopic (exact) mass is 759 g/mol. The van der Waals surface area contributed by atoms with Gasteiger partial charge in [0.15, 0.2) is 0 Å². The molecule has 7 rings (SSSR count). The minimum absolute atomic E-state index is 0. The van der Waals surface area contributed by atoms with Crippen molar-refractivity contribution in [3.63, 3.8) is 0 Å². The molecule has 0 aromatic heterocycles. The molecule has 0 amide bonds. The topological polar surface area (TPSA) is 0 Å². The van der Waals surface area contributed by atoms with Gasteiger partial charge in [-0.2, -0.15) is 0 Å². The molecule has 257 valence electrons. The van der Waals surface area contributed by atoms with E-state index in [0.29, 0.717) is 5.92 Å². The number of hydrogen-bond donors (Lipinski definition) is 0. The third-order valence-corrected chi connectivity index (χ3v) is 28.8. The van der Waals surface area contributed by atoms with Gasteiger partial charge < -0.3 is 0 Å². The number of hydrogen-bond acceptors (Lipinski definition) is 0. The van der Waals surface area contributed by atoms with Crippen molar-refractivity contribution in [2.75, 3.05) is 0 Å². The van der Waals surface area contributed by atoms with Crippen LogP contribution in [0, 0.1) is 27.6 Å². The van der Waals surface area contributed by atoms with E-state index < -0.39 is 19.8 Å². The van der Waals surface area contributed by atoms with Crippen molar-refractivity contribution in [1.82, 2.24) is 0 Å². The molecule has 0 spiro atoms. The predicted molar refractivity (Wildman–Crippen MR) is 212 cm³/mol. The van der Waals surface area contributed by atoms with Crippen LogP contribution in [0.15, 0.2) is 98.9 Å². The summed E-state index contributed by atoms with van der Waals surface area (Å²) < 4.78 is 8.89. The molecule has 0 saturated heterocycles. The summed E-state index contributed by atoms with van der Waals surface area (Å²) in [6.07, 6.45) is 16.8. The van der Waals surface area contributed by atoms with Gasteiger partial charge in [-0.15, -0.1) is 24.8 Å². The molecule has 0 N–H and O–H groups in total.